The number of para-hydroxylation sites is 1. The molecule has 0 unspecified atom stereocenters. The highest BCUT2D eigenvalue weighted by Crippen LogP contribution is 2.30. The molecule has 1 amide bonds. The van der Waals surface area contributed by atoms with E-state index in [2.05, 4.69) is 34.3 Å². The van der Waals surface area contributed by atoms with Crippen molar-refractivity contribution in [3.63, 3.8) is 0 Å². The van der Waals surface area contributed by atoms with Crippen LogP contribution >= 0.6 is 0 Å². The molecule has 1 heterocycles. The molecule has 164 valence electrons. The van der Waals surface area contributed by atoms with E-state index in [1.807, 2.05) is 30.3 Å². The second-order valence-corrected chi connectivity index (χ2v) is 6.95. The van der Waals surface area contributed by atoms with Crippen LogP contribution in [0.1, 0.15) is 30.0 Å². The normalized spacial score (nSPS) is 10.9. The number of hydrogen-bond acceptors (Lipinski definition) is 6. The van der Waals surface area contributed by atoms with Gasteiger partial charge in [0.15, 0.2) is 17.2 Å². The molecule has 2 aromatic carbocycles. The monoisotopic (exact) mass is 423 g/mol. The van der Waals surface area contributed by atoms with Crippen molar-refractivity contribution in [2.24, 2.45) is 0 Å². The first-order valence-corrected chi connectivity index (χ1v) is 10.4. The molecule has 3 aromatic rings. The van der Waals surface area contributed by atoms with Crippen molar-refractivity contribution >= 4 is 11.6 Å². The predicted octanol–water partition coefficient (Wildman–Crippen LogP) is 3.56. The van der Waals surface area contributed by atoms with Crippen molar-refractivity contribution in [1.29, 1.82) is 0 Å². The van der Waals surface area contributed by atoms with Gasteiger partial charge in [-0.2, -0.15) is 9.90 Å². The number of benzene rings is 2. The number of amides is 1. The van der Waals surface area contributed by atoms with Gasteiger partial charge < -0.3 is 19.7 Å². The summed E-state index contributed by atoms with van der Waals surface area (Å²) in [6.07, 6.45) is 0. The van der Waals surface area contributed by atoms with Crippen LogP contribution in [0.3, 0.4) is 0 Å². The van der Waals surface area contributed by atoms with Crippen LogP contribution in [-0.2, 0) is 0 Å². The van der Waals surface area contributed by atoms with E-state index in [0.29, 0.717) is 29.5 Å². The summed E-state index contributed by atoms with van der Waals surface area (Å²) in [4.78, 5) is 16.6. The molecule has 8 nitrogen and oxygen atoms in total. The SMILES string of the molecule is CCN(CC)CCOc1cc(NC(=O)c2nn(-c3ccccc3)nc2C)ccc1OC. The summed E-state index contributed by atoms with van der Waals surface area (Å²) >= 11 is 0. The maximum Gasteiger partial charge on any atom is 0.278 e. The van der Waals surface area contributed by atoms with E-state index < -0.39 is 0 Å². The van der Waals surface area contributed by atoms with Crippen molar-refractivity contribution in [2.45, 2.75) is 20.8 Å². The Hall–Kier alpha value is -3.39. The lowest BCUT2D eigenvalue weighted by Gasteiger charge is -2.19. The maximum absolute atomic E-state index is 12.8. The molecular formula is C23H29N5O3. The number of ether oxygens (including phenoxy) is 2. The van der Waals surface area contributed by atoms with Gasteiger partial charge in [0, 0.05) is 18.3 Å². The summed E-state index contributed by atoms with van der Waals surface area (Å²) in [6, 6.07) is 14.8. The van der Waals surface area contributed by atoms with Crippen LogP contribution in [0.4, 0.5) is 5.69 Å². The third kappa shape index (κ3) is 5.61. The molecule has 0 spiro atoms. The molecule has 0 atom stereocenters. The van der Waals surface area contributed by atoms with Gasteiger partial charge in [-0.05, 0) is 44.3 Å². The molecule has 0 aliphatic heterocycles. The van der Waals surface area contributed by atoms with E-state index in [4.69, 9.17) is 9.47 Å². The zero-order valence-electron chi connectivity index (χ0n) is 18.5. The Morgan fingerprint density at radius 2 is 1.81 bits per heavy atom. The molecule has 0 saturated carbocycles. The molecule has 0 bridgehead atoms. The Balaban J connectivity index is 1.72. The van der Waals surface area contributed by atoms with Crippen LogP contribution in [0.2, 0.25) is 0 Å². The summed E-state index contributed by atoms with van der Waals surface area (Å²) in [5.41, 5.74) is 2.20. The number of rotatable bonds is 10. The van der Waals surface area contributed by atoms with Crippen LogP contribution < -0.4 is 14.8 Å². The summed E-state index contributed by atoms with van der Waals surface area (Å²) in [6.45, 7) is 9.28. The maximum atomic E-state index is 12.8. The Bertz CT molecular complexity index is 1000. The number of carbonyl (C=O) groups is 1. The van der Waals surface area contributed by atoms with E-state index in [-0.39, 0.29) is 11.6 Å². The second-order valence-electron chi connectivity index (χ2n) is 6.95. The van der Waals surface area contributed by atoms with E-state index in [1.54, 1.807) is 32.2 Å². The lowest BCUT2D eigenvalue weighted by molar-refractivity contribution is 0.102. The molecule has 8 heteroatoms. The quantitative estimate of drug-likeness (QED) is 0.537. The number of aromatic nitrogens is 3. The number of carbonyl (C=O) groups excluding carboxylic acids is 1. The van der Waals surface area contributed by atoms with Crippen LogP contribution in [0, 0.1) is 6.92 Å². The standard InChI is InChI=1S/C23H29N5O3/c1-5-27(6-2)14-15-31-21-16-18(12-13-20(21)30-4)24-23(29)22-17(3)25-28(26-22)19-10-8-7-9-11-19/h7-13,16H,5-6,14-15H2,1-4H3,(H,24,29). The molecule has 3 rings (SSSR count). The number of likely N-dealkylation sites (N-methyl/N-ethyl adjacent to an activating group) is 1. The van der Waals surface area contributed by atoms with Gasteiger partial charge in [0.05, 0.1) is 18.5 Å². The Morgan fingerprint density at radius 3 is 2.48 bits per heavy atom. The topological polar surface area (TPSA) is 81.5 Å². The van der Waals surface area contributed by atoms with Crippen LogP contribution in [0.5, 0.6) is 11.5 Å². The average molecular weight is 424 g/mol. The molecule has 0 aliphatic rings. The summed E-state index contributed by atoms with van der Waals surface area (Å²) in [7, 11) is 1.59. The van der Waals surface area contributed by atoms with Gasteiger partial charge in [0.1, 0.15) is 6.61 Å². The first kappa shape index (κ1) is 22.3. The number of nitrogens with one attached hydrogen (secondary N) is 1. The fourth-order valence-electron chi connectivity index (χ4n) is 3.15. The minimum absolute atomic E-state index is 0.267. The predicted molar refractivity (Wildman–Crippen MR) is 120 cm³/mol. The van der Waals surface area contributed by atoms with Gasteiger partial charge in [-0.3, -0.25) is 4.79 Å². The Morgan fingerprint density at radius 1 is 1.06 bits per heavy atom. The lowest BCUT2D eigenvalue weighted by atomic mass is 10.2. The molecule has 0 fully saturated rings. The van der Waals surface area contributed by atoms with E-state index in [0.717, 1.165) is 25.3 Å². The van der Waals surface area contributed by atoms with E-state index in [1.165, 1.54) is 4.80 Å². The molecule has 0 radical (unpaired) electrons. The molecule has 1 aromatic heterocycles. The number of aryl methyl sites for hydroxylation is 1. The zero-order chi connectivity index (χ0) is 22.2. The highest BCUT2D eigenvalue weighted by Gasteiger charge is 2.17. The van der Waals surface area contributed by atoms with Gasteiger partial charge >= 0.3 is 0 Å². The molecule has 31 heavy (non-hydrogen) atoms. The van der Waals surface area contributed by atoms with Crippen molar-refractivity contribution in [3.05, 3.63) is 59.9 Å². The van der Waals surface area contributed by atoms with Gasteiger partial charge in [0.2, 0.25) is 0 Å². The largest absolute Gasteiger partial charge is 0.493 e. The van der Waals surface area contributed by atoms with E-state index >= 15 is 0 Å². The zero-order valence-corrected chi connectivity index (χ0v) is 18.5. The van der Waals surface area contributed by atoms with Gasteiger partial charge in [0.25, 0.3) is 5.91 Å². The van der Waals surface area contributed by atoms with Gasteiger partial charge in [-0.15, -0.1) is 5.10 Å². The highest BCUT2D eigenvalue weighted by atomic mass is 16.5. The van der Waals surface area contributed by atoms with Crippen molar-refractivity contribution in [3.8, 4) is 17.2 Å². The number of hydrogen-bond donors (Lipinski definition) is 1. The van der Waals surface area contributed by atoms with Crippen molar-refractivity contribution in [2.75, 3.05) is 38.7 Å². The van der Waals surface area contributed by atoms with Crippen LogP contribution in [0.15, 0.2) is 48.5 Å². The van der Waals surface area contributed by atoms with Crippen molar-refractivity contribution < 1.29 is 14.3 Å². The second kappa shape index (κ2) is 10.6. The molecule has 1 N–H and O–H groups in total. The molecular weight excluding hydrogens is 394 g/mol. The van der Waals surface area contributed by atoms with E-state index in [9.17, 15) is 4.79 Å². The summed E-state index contributed by atoms with van der Waals surface area (Å²) in [5, 5.41) is 11.6. The number of nitrogens with zero attached hydrogens (tertiary/aromatic N) is 4. The lowest BCUT2D eigenvalue weighted by Crippen LogP contribution is -2.28. The summed E-state index contributed by atoms with van der Waals surface area (Å²) in [5.74, 6) is 0.861. The third-order valence-electron chi connectivity index (χ3n) is 4.97. The molecule has 0 aliphatic carbocycles. The smallest absolute Gasteiger partial charge is 0.278 e. The molecule has 0 saturated heterocycles. The van der Waals surface area contributed by atoms with Crippen molar-refractivity contribution in [1.82, 2.24) is 19.9 Å². The number of methoxy groups -OCH3 is 1. The van der Waals surface area contributed by atoms with Crippen LogP contribution in [-0.4, -0.2) is 59.2 Å². The fraction of sp³-hybridized carbons (Fsp3) is 0.348. The van der Waals surface area contributed by atoms with Gasteiger partial charge in [-0.1, -0.05) is 32.0 Å². The van der Waals surface area contributed by atoms with Gasteiger partial charge in [-0.25, -0.2) is 0 Å². The number of anilines is 1. The minimum atomic E-state index is -0.334. The Kier molecular flexibility index (Phi) is 7.61. The highest BCUT2D eigenvalue weighted by molar-refractivity contribution is 6.03. The minimum Gasteiger partial charge on any atom is -0.493 e. The Labute approximate surface area is 182 Å². The first-order valence-electron chi connectivity index (χ1n) is 10.4. The first-order chi connectivity index (χ1) is 15.0. The fourth-order valence-corrected chi connectivity index (χ4v) is 3.15. The van der Waals surface area contributed by atoms with Crippen LogP contribution in [0.25, 0.3) is 5.69 Å². The third-order valence-corrected chi connectivity index (χ3v) is 4.97. The summed E-state index contributed by atoms with van der Waals surface area (Å²) < 4.78 is 11.3. The average Bonchev–Trinajstić information content (AvgIpc) is 3.19.